The zero-order valence-electron chi connectivity index (χ0n) is 8.75. The number of nitrogens with zero attached hydrogens (tertiary/aromatic N) is 2. The number of aryl methyl sites for hydroxylation is 1. The molecule has 0 aliphatic carbocycles. The first-order valence-electron chi connectivity index (χ1n) is 4.73. The molecule has 14 heavy (non-hydrogen) atoms. The standard InChI is InChI=1S/C10H15ClN2O/c1-4-8(3)14-6-10-12-7(2)5-9(11)13-10/h5,8H,4,6H2,1-3H3. The van der Waals surface area contributed by atoms with Crippen molar-refractivity contribution in [2.75, 3.05) is 0 Å². The molecule has 0 aliphatic heterocycles. The van der Waals surface area contributed by atoms with Crippen LogP contribution in [0.2, 0.25) is 5.15 Å². The van der Waals surface area contributed by atoms with E-state index < -0.39 is 0 Å². The van der Waals surface area contributed by atoms with E-state index >= 15 is 0 Å². The van der Waals surface area contributed by atoms with Crippen LogP contribution in [0, 0.1) is 6.92 Å². The third-order valence-electron chi connectivity index (χ3n) is 1.94. The third kappa shape index (κ3) is 3.60. The van der Waals surface area contributed by atoms with Gasteiger partial charge in [-0.3, -0.25) is 0 Å². The average molecular weight is 215 g/mol. The van der Waals surface area contributed by atoms with Crippen LogP contribution in [-0.4, -0.2) is 16.1 Å². The van der Waals surface area contributed by atoms with Crippen LogP contribution in [0.15, 0.2) is 6.07 Å². The number of ether oxygens (including phenoxy) is 1. The van der Waals surface area contributed by atoms with Gasteiger partial charge in [0.2, 0.25) is 0 Å². The second-order valence-corrected chi connectivity index (χ2v) is 3.67. The van der Waals surface area contributed by atoms with Gasteiger partial charge >= 0.3 is 0 Å². The minimum absolute atomic E-state index is 0.234. The maximum Gasteiger partial charge on any atom is 0.155 e. The molecule has 1 aromatic heterocycles. The van der Waals surface area contributed by atoms with Gasteiger partial charge in [-0.2, -0.15) is 0 Å². The van der Waals surface area contributed by atoms with Gasteiger partial charge in [0.15, 0.2) is 5.82 Å². The van der Waals surface area contributed by atoms with Gasteiger partial charge in [0.05, 0.1) is 6.10 Å². The summed E-state index contributed by atoms with van der Waals surface area (Å²) in [5, 5.41) is 0.472. The van der Waals surface area contributed by atoms with Crippen molar-refractivity contribution >= 4 is 11.6 Å². The number of aromatic nitrogens is 2. The van der Waals surface area contributed by atoms with Crippen molar-refractivity contribution in [3.8, 4) is 0 Å². The highest BCUT2D eigenvalue weighted by Crippen LogP contribution is 2.08. The van der Waals surface area contributed by atoms with E-state index in [1.807, 2.05) is 13.8 Å². The summed E-state index contributed by atoms with van der Waals surface area (Å²) in [5.74, 6) is 0.648. The average Bonchev–Trinajstić information content (AvgIpc) is 2.12. The van der Waals surface area contributed by atoms with Crippen LogP contribution in [0.4, 0.5) is 0 Å². The Morgan fingerprint density at radius 2 is 2.21 bits per heavy atom. The van der Waals surface area contributed by atoms with Crippen LogP contribution in [0.3, 0.4) is 0 Å². The maximum atomic E-state index is 5.79. The van der Waals surface area contributed by atoms with Crippen molar-refractivity contribution in [3.63, 3.8) is 0 Å². The molecule has 1 rings (SSSR count). The van der Waals surface area contributed by atoms with E-state index in [-0.39, 0.29) is 6.10 Å². The molecule has 0 saturated carbocycles. The Bertz CT molecular complexity index is 284. The molecule has 3 nitrogen and oxygen atoms in total. The first kappa shape index (κ1) is 11.4. The molecule has 0 spiro atoms. The van der Waals surface area contributed by atoms with Crippen LogP contribution < -0.4 is 0 Å². The highest BCUT2D eigenvalue weighted by Gasteiger charge is 2.03. The van der Waals surface area contributed by atoms with Crippen molar-refractivity contribution in [2.45, 2.75) is 39.9 Å². The topological polar surface area (TPSA) is 35.0 Å². The molecule has 4 heteroatoms. The lowest BCUT2D eigenvalue weighted by Gasteiger charge is -2.09. The number of rotatable bonds is 4. The van der Waals surface area contributed by atoms with Crippen LogP contribution in [0.25, 0.3) is 0 Å². The van der Waals surface area contributed by atoms with Crippen LogP contribution >= 0.6 is 11.6 Å². The summed E-state index contributed by atoms with van der Waals surface area (Å²) in [5.41, 5.74) is 0.868. The fraction of sp³-hybridized carbons (Fsp3) is 0.600. The minimum atomic E-state index is 0.234. The first-order chi connectivity index (χ1) is 6.61. The normalized spacial score (nSPS) is 12.9. The SMILES string of the molecule is CCC(C)OCc1nc(C)cc(Cl)n1. The molecule has 1 atom stereocenters. The highest BCUT2D eigenvalue weighted by molar-refractivity contribution is 6.29. The van der Waals surface area contributed by atoms with E-state index in [0.717, 1.165) is 12.1 Å². The van der Waals surface area contributed by atoms with E-state index in [2.05, 4.69) is 16.9 Å². The summed E-state index contributed by atoms with van der Waals surface area (Å²) in [7, 11) is 0. The molecule has 0 aromatic carbocycles. The fourth-order valence-corrected chi connectivity index (χ4v) is 1.24. The maximum absolute atomic E-state index is 5.79. The largest absolute Gasteiger partial charge is 0.371 e. The molecule has 0 aliphatic rings. The van der Waals surface area contributed by atoms with Crippen molar-refractivity contribution in [2.24, 2.45) is 0 Å². The second-order valence-electron chi connectivity index (χ2n) is 3.28. The lowest BCUT2D eigenvalue weighted by atomic mass is 10.3. The first-order valence-corrected chi connectivity index (χ1v) is 5.11. The molecule has 0 radical (unpaired) electrons. The van der Waals surface area contributed by atoms with Crippen LogP contribution in [0.5, 0.6) is 0 Å². The van der Waals surface area contributed by atoms with Crippen molar-refractivity contribution in [1.82, 2.24) is 9.97 Å². The Hall–Kier alpha value is -0.670. The van der Waals surface area contributed by atoms with Crippen LogP contribution in [-0.2, 0) is 11.3 Å². The van der Waals surface area contributed by atoms with Crippen molar-refractivity contribution in [3.05, 3.63) is 22.7 Å². The molecule has 1 heterocycles. The number of hydrogen-bond donors (Lipinski definition) is 0. The Balaban J connectivity index is 2.58. The van der Waals surface area contributed by atoms with Gasteiger partial charge in [-0.05, 0) is 26.3 Å². The van der Waals surface area contributed by atoms with E-state index in [1.54, 1.807) is 6.07 Å². The van der Waals surface area contributed by atoms with Crippen molar-refractivity contribution in [1.29, 1.82) is 0 Å². The monoisotopic (exact) mass is 214 g/mol. The Morgan fingerprint density at radius 1 is 1.50 bits per heavy atom. The fourth-order valence-electron chi connectivity index (χ4n) is 0.988. The Labute approximate surface area is 89.5 Å². The van der Waals surface area contributed by atoms with Gasteiger partial charge in [-0.15, -0.1) is 0 Å². The predicted octanol–water partition coefficient (Wildman–Crippen LogP) is 2.75. The van der Waals surface area contributed by atoms with Gasteiger partial charge in [0.25, 0.3) is 0 Å². The van der Waals surface area contributed by atoms with Gasteiger partial charge < -0.3 is 4.74 Å². The van der Waals surface area contributed by atoms with Crippen molar-refractivity contribution < 1.29 is 4.74 Å². The highest BCUT2D eigenvalue weighted by atomic mass is 35.5. The molecule has 0 bridgehead atoms. The summed E-state index contributed by atoms with van der Waals surface area (Å²) in [6.45, 7) is 6.42. The van der Waals surface area contributed by atoms with E-state index in [1.165, 1.54) is 0 Å². The zero-order chi connectivity index (χ0) is 10.6. The van der Waals surface area contributed by atoms with Gasteiger partial charge in [0, 0.05) is 5.69 Å². The Morgan fingerprint density at radius 3 is 2.79 bits per heavy atom. The summed E-state index contributed by atoms with van der Waals surface area (Å²) in [6, 6.07) is 1.73. The smallest absolute Gasteiger partial charge is 0.155 e. The molecular formula is C10H15ClN2O. The Kier molecular flexibility index (Phi) is 4.29. The molecule has 1 unspecified atom stereocenters. The summed E-state index contributed by atoms with van der Waals surface area (Å²) in [6.07, 6.45) is 1.22. The summed E-state index contributed by atoms with van der Waals surface area (Å²) in [4.78, 5) is 8.29. The lowest BCUT2D eigenvalue weighted by molar-refractivity contribution is 0.0467. The lowest BCUT2D eigenvalue weighted by Crippen LogP contribution is -2.08. The quantitative estimate of drug-likeness (QED) is 0.723. The van der Waals surface area contributed by atoms with Gasteiger partial charge in [-0.25, -0.2) is 9.97 Å². The van der Waals surface area contributed by atoms with E-state index in [4.69, 9.17) is 16.3 Å². The molecule has 0 amide bonds. The molecule has 0 saturated heterocycles. The predicted molar refractivity (Wildman–Crippen MR) is 56.3 cm³/mol. The van der Waals surface area contributed by atoms with Gasteiger partial charge in [0.1, 0.15) is 11.8 Å². The second kappa shape index (κ2) is 5.27. The minimum Gasteiger partial charge on any atom is -0.371 e. The number of halogens is 1. The molecule has 78 valence electrons. The zero-order valence-corrected chi connectivity index (χ0v) is 9.51. The molecule has 0 N–H and O–H groups in total. The molecular weight excluding hydrogens is 200 g/mol. The van der Waals surface area contributed by atoms with Crippen LogP contribution in [0.1, 0.15) is 31.8 Å². The summed E-state index contributed by atoms with van der Waals surface area (Å²) >= 11 is 5.79. The van der Waals surface area contributed by atoms with E-state index in [9.17, 15) is 0 Å². The molecule has 0 fully saturated rings. The number of hydrogen-bond acceptors (Lipinski definition) is 3. The molecule has 1 aromatic rings. The van der Waals surface area contributed by atoms with Gasteiger partial charge in [-0.1, -0.05) is 18.5 Å². The third-order valence-corrected chi connectivity index (χ3v) is 2.13. The summed E-state index contributed by atoms with van der Waals surface area (Å²) < 4.78 is 5.50. The van der Waals surface area contributed by atoms with E-state index in [0.29, 0.717) is 17.6 Å².